The molecule has 1 saturated carbocycles. The number of methoxy groups -OCH3 is 1. The molecule has 0 bridgehead atoms. The van der Waals surface area contributed by atoms with E-state index in [0.717, 1.165) is 44.4 Å². The molecule has 1 aliphatic carbocycles. The van der Waals surface area contributed by atoms with Crippen molar-refractivity contribution in [2.24, 2.45) is 11.8 Å². The maximum absolute atomic E-state index is 6.08. The highest BCUT2D eigenvalue weighted by Crippen LogP contribution is 2.39. The fraction of sp³-hybridized carbons (Fsp3) is 1.00. The van der Waals surface area contributed by atoms with Gasteiger partial charge in [0.05, 0.1) is 5.60 Å². The van der Waals surface area contributed by atoms with Crippen LogP contribution < -0.4 is 5.32 Å². The van der Waals surface area contributed by atoms with E-state index in [0.29, 0.717) is 6.04 Å². The van der Waals surface area contributed by atoms with Crippen molar-refractivity contribution in [2.45, 2.75) is 70.4 Å². The van der Waals surface area contributed by atoms with Gasteiger partial charge < -0.3 is 14.8 Å². The third kappa shape index (κ3) is 3.75. The van der Waals surface area contributed by atoms with Gasteiger partial charge in [-0.15, -0.1) is 0 Å². The van der Waals surface area contributed by atoms with Crippen LogP contribution in [0.5, 0.6) is 0 Å². The summed E-state index contributed by atoms with van der Waals surface area (Å²) in [5, 5.41) is 3.83. The van der Waals surface area contributed by atoms with Gasteiger partial charge in [-0.2, -0.15) is 0 Å². The highest BCUT2D eigenvalue weighted by atomic mass is 16.5. The molecule has 3 nitrogen and oxygen atoms in total. The summed E-state index contributed by atoms with van der Waals surface area (Å²) in [6.45, 7) is 7.44. The van der Waals surface area contributed by atoms with Crippen LogP contribution in [0.25, 0.3) is 0 Å². The van der Waals surface area contributed by atoms with E-state index in [-0.39, 0.29) is 5.60 Å². The van der Waals surface area contributed by atoms with Crippen molar-refractivity contribution in [3.8, 4) is 0 Å². The Morgan fingerprint density at radius 3 is 2.40 bits per heavy atom. The topological polar surface area (TPSA) is 30.5 Å². The van der Waals surface area contributed by atoms with E-state index in [1.807, 2.05) is 7.11 Å². The molecule has 0 aromatic carbocycles. The van der Waals surface area contributed by atoms with Crippen LogP contribution >= 0.6 is 0 Å². The molecule has 0 aromatic rings. The Morgan fingerprint density at radius 2 is 1.85 bits per heavy atom. The predicted molar refractivity (Wildman–Crippen MR) is 83.0 cm³/mol. The smallest absolute Gasteiger partial charge is 0.0877 e. The molecule has 1 aliphatic heterocycles. The van der Waals surface area contributed by atoms with Crippen LogP contribution in [0.3, 0.4) is 0 Å². The minimum Gasteiger partial charge on any atom is -0.381 e. The van der Waals surface area contributed by atoms with Gasteiger partial charge >= 0.3 is 0 Å². The summed E-state index contributed by atoms with van der Waals surface area (Å²) < 4.78 is 11.7. The van der Waals surface area contributed by atoms with Crippen LogP contribution in [0.1, 0.15) is 58.8 Å². The molecule has 2 aliphatic rings. The Bertz CT molecular complexity index is 268. The van der Waals surface area contributed by atoms with E-state index < -0.39 is 0 Å². The number of nitrogens with one attached hydrogen (secondary N) is 1. The molecule has 3 heteroatoms. The molecule has 2 fully saturated rings. The lowest BCUT2D eigenvalue weighted by atomic mass is 9.71. The second-order valence-electron chi connectivity index (χ2n) is 6.83. The van der Waals surface area contributed by atoms with Gasteiger partial charge in [-0.05, 0) is 37.6 Å². The van der Waals surface area contributed by atoms with Gasteiger partial charge in [0.15, 0.2) is 0 Å². The first-order valence-corrected chi connectivity index (χ1v) is 8.58. The third-order valence-electron chi connectivity index (χ3n) is 5.46. The van der Waals surface area contributed by atoms with Crippen LogP contribution in [0.2, 0.25) is 0 Å². The van der Waals surface area contributed by atoms with Gasteiger partial charge in [-0.3, -0.25) is 0 Å². The Labute approximate surface area is 124 Å². The maximum Gasteiger partial charge on any atom is 0.0877 e. The Hall–Kier alpha value is -0.120. The Balaban J connectivity index is 2.08. The van der Waals surface area contributed by atoms with Gasteiger partial charge in [0.25, 0.3) is 0 Å². The lowest BCUT2D eigenvalue weighted by Crippen LogP contribution is -2.58. The zero-order chi connectivity index (χ0) is 14.4. The van der Waals surface area contributed by atoms with Crippen molar-refractivity contribution in [2.75, 3.05) is 26.9 Å². The predicted octanol–water partition coefficient (Wildman–Crippen LogP) is 3.38. The van der Waals surface area contributed by atoms with Gasteiger partial charge in [0, 0.05) is 39.2 Å². The van der Waals surface area contributed by atoms with Crippen molar-refractivity contribution >= 4 is 0 Å². The molecule has 1 atom stereocenters. The Kier molecular flexibility index (Phi) is 6.31. The van der Waals surface area contributed by atoms with Gasteiger partial charge in [-0.1, -0.05) is 26.7 Å². The van der Waals surface area contributed by atoms with Crippen LogP contribution in [-0.2, 0) is 9.47 Å². The number of rotatable bonds is 6. The highest BCUT2D eigenvalue weighted by molar-refractivity contribution is 4.99. The largest absolute Gasteiger partial charge is 0.381 e. The van der Waals surface area contributed by atoms with E-state index >= 15 is 0 Å². The second-order valence-corrected chi connectivity index (χ2v) is 6.83. The van der Waals surface area contributed by atoms with Crippen molar-refractivity contribution < 1.29 is 9.47 Å². The highest BCUT2D eigenvalue weighted by Gasteiger charge is 2.44. The molecule has 1 unspecified atom stereocenters. The summed E-state index contributed by atoms with van der Waals surface area (Å²) in [5.74, 6) is 1.68. The molecule has 0 amide bonds. The van der Waals surface area contributed by atoms with E-state index in [9.17, 15) is 0 Å². The fourth-order valence-electron chi connectivity index (χ4n) is 4.06. The zero-order valence-corrected chi connectivity index (χ0v) is 13.6. The molecular weight excluding hydrogens is 250 g/mol. The SMILES string of the molecule is CCCNC(C1CCC(C)CC1)C1(OC)CCOCC1. The van der Waals surface area contributed by atoms with Gasteiger partial charge in [0.1, 0.15) is 0 Å². The van der Waals surface area contributed by atoms with Crippen LogP contribution in [-0.4, -0.2) is 38.5 Å². The van der Waals surface area contributed by atoms with Gasteiger partial charge in [0.2, 0.25) is 0 Å². The molecule has 0 radical (unpaired) electrons. The lowest BCUT2D eigenvalue weighted by Gasteiger charge is -2.47. The average Bonchev–Trinajstić information content (AvgIpc) is 2.50. The van der Waals surface area contributed by atoms with Gasteiger partial charge in [-0.25, -0.2) is 0 Å². The van der Waals surface area contributed by atoms with E-state index in [4.69, 9.17) is 9.47 Å². The average molecular weight is 283 g/mol. The second kappa shape index (κ2) is 7.77. The molecule has 0 spiro atoms. The summed E-state index contributed by atoms with van der Waals surface area (Å²) in [4.78, 5) is 0. The molecule has 1 heterocycles. The lowest BCUT2D eigenvalue weighted by molar-refractivity contribution is -0.123. The molecule has 118 valence electrons. The summed E-state index contributed by atoms with van der Waals surface area (Å²) >= 11 is 0. The minimum atomic E-state index is -0.00132. The fourth-order valence-corrected chi connectivity index (χ4v) is 4.06. The minimum absolute atomic E-state index is 0.00132. The zero-order valence-electron chi connectivity index (χ0n) is 13.6. The monoisotopic (exact) mass is 283 g/mol. The van der Waals surface area contributed by atoms with E-state index in [2.05, 4.69) is 19.2 Å². The van der Waals surface area contributed by atoms with E-state index in [1.54, 1.807) is 0 Å². The van der Waals surface area contributed by atoms with Crippen LogP contribution in [0.15, 0.2) is 0 Å². The first kappa shape index (κ1) is 16.3. The van der Waals surface area contributed by atoms with Crippen LogP contribution in [0, 0.1) is 11.8 Å². The third-order valence-corrected chi connectivity index (χ3v) is 5.46. The molecule has 2 rings (SSSR count). The molecule has 0 aromatic heterocycles. The number of ether oxygens (including phenoxy) is 2. The molecular formula is C17H33NO2. The first-order valence-electron chi connectivity index (χ1n) is 8.58. The van der Waals surface area contributed by atoms with Crippen molar-refractivity contribution in [1.82, 2.24) is 5.32 Å². The van der Waals surface area contributed by atoms with E-state index in [1.165, 1.54) is 32.1 Å². The summed E-state index contributed by atoms with van der Waals surface area (Å²) in [6, 6.07) is 0.504. The Morgan fingerprint density at radius 1 is 1.20 bits per heavy atom. The van der Waals surface area contributed by atoms with Crippen molar-refractivity contribution in [1.29, 1.82) is 0 Å². The van der Waals surface area contributed by atoms with Crippen molar-refractivity contribution in [3.05, 3.63) is 0 Å². The molecule has 1 saturated heterocycles. The van der Waals surface area contributed by atoms with Crippen LogP contribution in [0.4, 0.5) is 0 Å². The maximum atomic E-state index is 6.08. The number of hydrogen-bond acceptors (Lipinski definition) is 3. The first-order chi connectivity index (χ1) is 9.72. The van der Waals surface area contributed by atoms with Crippen molar-refractivity contribution in [3.63, 3.8) is 0 Å². The standard InChI is InChI=1S/C17H33NO2/c1-4-11-18-16(15-7-5-14(2)6-8-15)17(19-3)9-12-20-13-10-17/h14-16,18H,4-13H2,1-3H3. The quantitative estimate of drug-likeness (QED) is 0.810. The summed E-state index contributed by atoms with van der Waals surface area (Å²) in [6.07, 6.45) is 8.74. The molecule has 20 heavy (non-hydrogen) atoms. The normalized spacial score (nSPS) is 31.9. The number of hydrogen-bond donors (Lipinski definition) is 1. The summed E-state index contributed by atoms with van der Waals surface area (Å²) in [7, 11) is 1.90. The molecule has 1 N–H and O–H groups in total. The summed E-state index contributed by atoms with van der Waals surface area (Å²) in [5.41, 5.74) is -0.00132.